The van der Waals surface area contributed by atoms with Gasteiger partial charge in [-0.05, 0) is 36.0 Å². The molecule has 2 heterocycles. The summed E-state index contributed by atoms with van der Waals surface area (Å²) in [6, 6.07) is 5.43. The average molecular weight is 406 g/mol. The molecule has 9 heteroatoms. The van der Waals surface area contributed by atoms with Gasteiger partial charge in [-0.2, -0.15) is 5.10 Å². The molecule has 0 aromatic carbocycles. The minimum Gasteiger partial charge on any atom is -0.354 e. The lowest BCUT2D eigenvalue weighted by atomic mass is 9.58. The Balaban J connectivity index is 1.55. The van der Waals surface area contributed by atoms with Crippen molar-refractivity contribution in [1.82, 2.24) is 20.2 Å². The van der Waals surface area contributed by atoms with Crippen LogP contribution in [0, 0.1) is 11.3 Å². The quantitative estimate of drug-likeness (QED) is 0.756. The first-order valence-electron chi connectivity index (χ1n) is 9.21. The van der Waals surface area contributed by atoms with Crippen LogP contribution in [0.1, 0.15) is 30.6 Å². The van der Waals surface area contributed by atoms with Crippen LogP contribution in [-0.4, -0.2) is 57.3 Å². The highest BCUT2D eigenvalue weighted by molar-refractivity contribution is 7.92. The lowest BCUT2D eigenvalue weighted by Gasteiger charge is -2.52. The summed E-state index contributed by atoms with van der Waals surface area (Å²) in [6.45, 7) is 4.61. The van der Waals surface area contributed by atoms with Crippen molar-refractivity contribution in [3.63, 3.8) is 0 Å². The Labute approximate surface area is 165 Å². The van der Waals surface area contributed by atoms with Crippen LogP contribution in [0.2, 0.25) is 0 Å². The topological polar surface area (TPSA) is 105 Å². The van der Waals surface area contributed by atoms with Gasteiger partial charge in [0.2, 0.25) is 5.91 Å². The molecule has 2 aromatic rings. The molecule has 0 bridgehead atoms. The number of nitrogens with zero attached hydrogens (tertiary/aromatic N) is 3. The van der Waals surface area contributed by atoms with E-state index in [1.54, 1.807) is 29.0 Å². The lowest BCUT2D eigenvalue weighted by molar-refractivity contribution is -0.120. The zero-order chi connectivity index (χ0) is 20.5. The molecular formula is C19H27N5O3S. The number of carbonyl (C=O) groups excluding carboxylic acids is 2. The number of aromatic nitrogens is 2. The molecule has 1 aliphatic carbocycles. The molecular weight excluding hydrogens is 378 g/mol. The minimum atomic E-state index is -2.27. The third kappa shape index (κ3) is 4.35. The third-order valence-corrected chi connectivity index (χ3v) is 6.27. The number of fused-ring (bicyclic) bond motifs is 1. The van der Waals surface area contributed by atoms with Gasteiger partial charge < -0.3 is 10.6 Å². The van der Waals surface area contributed by atoms with Gasteiger partial charge in [-0.25, -0.2) is 8.88 Å². The summed E-state index contributed by atoms with van der Waals surface area (Å²) in [5.41, 5.74) is 1.22. The molecule has 3 rings (SSSR count). The first kappa shape index (κ1) is 20.3. The smallest absolute Gasteiger partial charge is 0.253 e. The van der Waals surface area contributed by atoms with E-state index < -0.39 is 9.73 Å². The Morgan fingerprint density at radius 1 is 1.36 bits per heavy atom. The summed E-state index contributed by atoms with van der Waals surface area (Å²) >= 11 is 0. The van der Waals surface area contributed by atoms with E-state index in [0.717, 1.165) is 11.9 Å². The van der Waals surface area contributed by atoms with Gasteiger partial charge in [0.25, 0.3) is 5.91 Å². The maximum Gasteiger partial charge on any atom is 0.253 e. The van der Waals surface area contributed by atoms with Crippen molar-refractivity contribution in [2.45, 2.75) is 26.3 Å². The zero-order valence-corrected chi connectivity index (χ0v) is 17.5. The van der Waals surface area contributed by atoms with Crippen molar-refractivity contribution in [2.24, 2.45) is 15.7 Å². The van der Waals surface area contributed by atoms with Crippen LogP contribution in [-0.2, 0) is 14.5 Å². The van der Waals surface area contributed by atoms with Gasteiger partial charge in [-0.15, -0.1) is 0 Å². The second-order valence-corrected chi connectivity index (χ2v) is 10.8. The molecule has 8 nitrogen and oxygen atoms in total. The number of hydrogen-bond donors (Lipinski definition) is 2. The van der Waals surface area contributed by atoms with E-state index in [1.807, 2.05) is 6.07 Å². The number of amides is 2. The number of pyridine rings is 1. The van der Waals surface area contributed by atoms with E-state index in [4.69, 9.17) is 0 Å². The number of rotatable bonds is 6. The van der Waals surface area contributed by atoms with Gasteiger partial charge in [-0.1, -0.05) is 13.8 Å². The van der Waals surface area contributed by atoms with Crippen LogP contribution in [0.4, 0.5) is 0 Å². The average Bonchev–Trinajstić information content (AvgIpc) is 3.10. The van der Waals surface area contributed by atoms with Crippen molar-refractivity contribution in [3.8, 4) is 0 Å². The highest BCUT2D eigenvalue weighted by Crippen LogP contribution is 2.45. The van der Waals surface area contributed by atoms with Crippen LogP contribution >= 0.6 is 0 Å². The predicted octanol–water partition coefficient (Wildman–Crippen LogP) is 1.32. The van der Waals surface area contributed by atoms with Gasteiger partial charge in [0.05, 0.1) is 17.3 Å². The van der Waals surface area contributed by atoms with E-state index in [1.165, 1.54) is 12.5 Å². The highest BCUT2D eigenvalue weighted by Gasteiger charge is 2.48. The van der Waals surface area contributed by atoms with Crippen LogP contribution in [0.25, 0.3) is 5.52 Å². The molecule has 2 aromatic heterocycles. The first-order valence-corrected chi connectivity index (χ1v) is 11.5. The first-order chi connectivity index (χ1) is 13.1. The largest absolute Gasteiger partial charge is 0.354 e. The van der Waals surface area contributed by atoms with Crippen LogP contribution in [0.15, 0.2) is 35.0 Å². The summed E-state index contributed by atoms with van der Waals surface area (Å²) < 4.78 is 17.1. The van der Waals surface area contributed by atoms with Gasteiger partial charge in [-0.3, -0.25) is 13.8 Å². The van der Waals surface area contributed by atoms with E-state index in [2.05, 4.69) is 33.9 Å². The molecule has 2 atom stereocenters. The normalized spacial score (nSPS) is 21.0. The van der Waals surface area contributed by atoms with Crippen molar-refractivity contribution in [2.75, 3.05) is 25.6 Å². The number of nitrogens with one attached hydrogen (secondary N) is 2. The third-order valence-electron chi connectivity index (χ3n) is 5.52. The molecule has 1 saturated carbocycles. The zero-order valence-electron chi connectivity index (χ0n) is 16.6. The Kier molecular flexibility index (Phi) is 5.47. The molecule has 2 N–H and O–H groups in total. The molecule has 2 amide bonds. The molecule has 1 aliphatic rings. The van der Waals surface area contributed by atoms with Gasteiger partial charge in [0.1, 0.15) is 6.54 Å². The molecule has 2 unspecified atom stereocenters. The fourth-order valence-corrected chi connectivity index (χ4v) is 3.92. The Hall–Kier alpha value is -2.42. The Morgan fingerprint density at radius 2 is 2.11 bits per heavy atom. The fourth-order valence-electron chi connectivity index (χ4n) is 3.49. The molecule has 0 radical (unpaired) electrons. The van der Waals surface area contributed by atoms with Crippen molar-refractivity contribution in [3.05, 3.63) is 36.2 Å². The second kappa shape index (κ2) is 7.54. The lowest BCUT2D eigenvalue weighted by Crippen LogP contribution is -2.60. The minimum absolute atomic E-state index is 0.0276. The summed E-state index contributed by atoms with van der Waals surface area (Å²) in [6.07, 6.45) is 7.27. The Morgan fingerprint density at radius 3 is 2.79 bits per heavy atom. The predicted molar refractivity (Wildman–Crippen MR) is 109 cm³/mol. The van der Waals surface area contributed by atoms with E-state index in [0.29, 0.717) is 12.1 Å². The maximum absolute atomic E-state index is 12.7. The second-order valence-electron chi connectivity index (χ2n) is 8.14. The summed E-state index contributed by atoms with van der Waals surface area (Å²) in [7, 11) is -2.27. The summed E-state index contributed by atoms with van der Waals surface area (Å²) in [4.78, 5) is 24.6. The van der Waals surface area contributed by atoms with Gasteiger partial charge in [0.15, 0.2) is 0 Å². The van der Waals surface area contributed by atoms with Gasteiger partial charge >= 0.3 is 0 Å². The van der Waals surface area contributed by atoms with Crippen molar-refractivity contribution < 1.29 is 13.8 Å². The summed E-state index contributed by atoms with van der Waals surface area (Å²) in [5.74, 6) is -0.0987. The fraction of sp³-hybridized carbons (Fsp3) is 0.526. The SMILES string of the molecule is CC1(C)C(CNC(=O)CN=S(C)(C)=O)CC1NC(=O)c1cccn2nccc12. The van der Waals surface area contributed by atoms with E-state index in [-0.39, 0.29) is 35.7 Å². The standard InChI is InChI=1S/C19H27N5O3S/c1-19(2)13(11-20-17(25)12-22-28(3,4)27)10-16(19)23-18(26)14-6-5-9-24-15(14)7-8-21-24/h5-9,13,16H,10-12H2,1-4H3,(H,20,25)(H,23,26). The van der Waals surface area contributed by atoms with Crippen LogP contribution < -0.4 is 10.6 Å². The van der Waals surface area contributed by atoms with Crippen molar-refractivity contribution >= 4 is 27.1 Å². The molecule has 0 spiro atoms. The van der Waals surface area contributed by atoms with Gasteiger partial charge in [0, 0.05) is 41.0 Å². The molecule has 28 heavy (non-hydrogen) atoms. The number of hydrogen-bond acceptors (Lipinski definition) is 5. The Bertz CT molecular complexity index is 1010. The summed E-state index contributed by atoms with van der Waals surface area (Å²) in [5, 5.41) is 10.1. The van der Waals surface area contributed by atoms with Crippen LogP contribution in [0.3, 0.4) is 0 Å². The van der Waals surface area contributed by atoms with E-state index in [9.17, 15) is 13.8 Å². The molecule has 152 valence electrons. The van der Waals surface area contributed by atoms with Crippen molar-refractivity contribution in [1.29, 1.82) is 0 Å². The molecule has 0 aliphatic heterocycles. The molecule has 0 saturated heterocycles. The molecule has 1 fully saturated rings. The van der Waals surface area contributed by atoms with E-state index >= 15 is 0 Å². The number of carbonyl (C=O) groups is 2. The van der Waals surface area contributed by atoms with Crippen LogP contribution in [0.5, 0.6) is 0 Å². The highest BCUT2D eigenvalue weighted by atomic mass is 32.2. The monoisotopic (exact) mass is 405 g/mol. The maximum atomic E-state index is 12.7.